The van der Waals surface area contributed by atoms with E-state index in [1.54, 1.807) is 4.57 Å². The normalized spacial score (nSPS) is 13.1. The van der Waals surface area contributed by atoms with Crippen molar-refractivity contribution in [3.63, 3.8) is 0 Å². The van der Waals surface area contributed by atoms with Crippen molar-refractivity contribution in [1.82, 2.24) is 19.5 Å². The Bertz CT molecular complexity index is 759. The fourth-order valence-electron chi connectivity index (χ4n) is 2.10. The van der Waals surface area contributed by atoms with E-state index in [-0.39, 0.29) is 19.0 Å². The molecule has 24 heavy (non-hydrogen) atoms. The fraction of sp³-hybridized carbons (Fsp3) is 0.500. The predicted octanol–water partition coefficient (Wildman–Crippen LogP) is 0.0546. The molecule has 2 rings (SSSR count). The monoisotopic (exact) mass is 359 g/mol. The molecule has 132 valence electrons. The molecule has 0 spiro atoms. The number of esters is 1. The molecule has 1 unspecified atom stereocenters. The highest BCUT2D eigenvalue weighted by Gasteiger charge is 2.19. The number of ether oxygens (including phenoxy) is 2. The third-order valence-electron chi connectivity index (χ3n) is 3.12. The Morgan fingerprint density at radius 3 is 2.83 bits per heavy atom. The topological polar surface area (TPSA) is 163 Å². The number of carbonyl (C=O) groups is 1. The molecule has 0 aliphatic heterocycles. The summed E-state index contributed by atoms with van der Waals surface area (Å²) in [5.41, 5.74) is 6.74. The second-order valence-corrected chi connectivity index (χ2v) is 6.62. The summed E-state index contributed by atoms with van der Waals surface area (Å²) in [4.78, 5) is 40.7. The van der Waals surface area contributed by atoms with Crippen LogP contribution >= 0.6 is 7.60 Å². The molecule has 12 heteroatoms. The molecule has 2 aromatic rings. The second-order valence-electron chi connectivity index (χ2n) is 5.03. The third kappa shape index (κ3) is 4.96. The van der Waals surface area contributed by atoms with Crippen LogP contribution in [0.4, 0.5) is 5.82 Å². The number of fused-ring (bicyclic) bond motifs is 1. The van der Waals surface area contributed by atoms with Gasteiger partial charge in [0.1, 0.15) is 24.8 Å². The number of aromatic nitrogens is 4. The highest BCUT2D eigenvalue weighted by atomic mass is 31.2. The van der Waals surface area contributed by atoms with Crippen LogP contribution in [0.1, 0.15) is 19.4 Å². The Labute approximate surface area is 137 Å². The molecule has 1 atom stereocenters. The van der Waals surface area contributed by atoms with Crippen LogP contribution in [0.3, 0.4) is 0 Å². The van der Waals surface area contributed by atoms with Gasteiger partial charge in [-0.15, -0.1) is 0 Å². The molecular weight excluding hydrogens is 341 g/mol. The van der Waals surface area contributed by atoms with E-state index < -0.39 is 26.0 Å². The van der Waals surface area contributed by atoms with Crippen molar-refractivity contribution in [2.24, 2.45) is 0 Å². The van der Waals surface area contributed by atoms with Crippen molar-refractivity contribution in [2.75, 3.05) is 25.3 Å². The first kappa shape index (κ1) is 18.3. The van der Waals surface area contributed by atoms with Gasteiger partial charge in [-0.2, -0.15) is 0 Å². The summed E-state index contributed by atoms with van der Waals surface area (Å²) in [6.45, 7) is 1.35. The summed E-state index contributed by atoms with van der Waals surface area (Å²) in [7, 11) is -4.23. The molecule has 2 aromatic heterocycles. The minimum Gasteiger partial charge on any atom is -0.464 e. The molecule has 0 saturated carbocycles. The van der Waals surface area contributed by atoms with Crippen LogP contribution in [0.15, 0.2) is 12.7 Å². The maximum atomic E-state index is 11.1. The van der Waals surface area contributed by atoms with Crippen LogP contribution in [0.25, 0.3) is 11.2 Å². The Hall–Kier alpha value is -2.07. The lowest BCUT2D eigenvalue weighted by Crippen LogP contribution is -2.19. The van der Waals surface area contributed by atoms with Crippen LogP contribution in [-0.4, -0.2) is 54.8 Å². The number of carbonyl (C=O) groups excluding carboxylic acids is 1. The Morgan fingerprint density at radius 1 is 1.42 bits per heavy atom. The summed E-state index contributed by atoms with van der Waals surface area (Å²) in [5.74, 6) is -0.230. The minimum atomic E-state index is -4.23. The van der Waals surface area contributed by atoms with E-state index in [1.807, 2.05) is 0 Å². The first-order valence-electron chi connectivity index (χ1n) is 6.96. The number of nitrogen functional groups attached to an aromatic ring is 1. The molecule has 0 fully saturated rings. The first-order valence-corrected chi connectivity index (χ1v) is 8.76. The standard InChI is InChI=1S/C12H18N5O6P/c1-8(18)23-4-9(2-3-22-7-24(19,20)21)17-6-16-12-10(17)11(13)14-5-15-12/h5-6,9H,2-4,7H2,1H3,(H2,13,14,15)(H2,19,20,21). The van der Waals surface area contributed by atoms with Crippen LogP contribution < -0.4 is 5.73 Å². The van der Waals surface area contributed by atoms with Crippen LogP contribution in [0, 0.1) is 0 Å². The average molecular weight is 359 g/mol. The lowest BCUT2D eigenvalue weighted by Gasteiger charge is -2.19. The largest absolute Gasteiger partial charge is 0.464 e. The zero-order chi connectivity index (χ0) is 17.7. The third-order valence-corrected chi connectivity index (χ3v) is 3.64. The average Bonchev–Trinajstić information content (AvgIpc) is 2.90. The molecule has 4 N–H and O–H groups in total. The van der Waals surface area contributed by atoms with Crippen LogP contribution in [0.2, 0.25) is 0 Å². The van der Waals surface area contributed by atoms with E-state index in [0.717, 1.165) is 0 Å². The molecule has 0 saturated heterocycles. The summed E-state index contributed by atoms with van der Waals surface area (Å²) in [6.07, 6.45) is 2.42. The Balaban J connectivity index is 2.15. The van der Waals surface area contributed by atoms with E-state index in [9.17, 15) is 9.36 Å². The van der Waals surface area contributed by atoms with Crippen LogP contribution in [0.5, 0.6) is 0 Å². The van der Waals surface area contributed by atoms with E-state index in [0.29, 0.717) is 17.6 Å². The van der Waals surface area contributed by atoms with Crippen LogP contribution in [-0.2, 0) is 18.8 Å². The van der Waals surface area contributed by atoms with Gasteiger partial charge < -0.3 is 29.6 Å². The van der Waals surface area contributed by atoms with Gasteiger partial charge in [-0.25, -0.2) is 15.0 Å². The molecule has 0 aromatic carbocycles. The summed E-state index contributed by atoms with van der Waals surface area (Å²) >= 11 is 0. The number of imidazole rings is 1. The second kappa shape index (κ2) is 7.67. The highest BCUT2D eigenvalue weighted by molar-refractivity contribution is 7.51. The molecule has 0 aliphatic rings. The van der Waals surface area contributed by atoms with E-state index in [2.05, 4.69) is 15.0 Å². The summed E-state index contributed by atoms with van der Waals surface area (Å²) < 4.78 is 22.5. The van der Waals surface area contributed by atoms with Crippen molar-refractivity contribution < 1.29 is 28.6 Å². The van der Waals surface area contributed by atoms with Gasteiger partial charge in [0, 0.05) is 13.5 Å². The number of hydrogen-bond donors (Lipinski definition) is 3. The summed E-state index contributed by atoms with van der Waals surface area (Å²) in [6, 6.07) is -0.399. The van der Waals surface area contributed by atoms with Crippen molar-refractivity contribution in [2.45, 2.75) is 19.4 Å². The number of anilines is 1. The minimum absolute atomic E-state index is 0.0222. The Morgan fingerprint density at radius 2 is 2.17 bits per heavy atom. The van der Waals surface area contributed by atoms with Crippen molar-refractivity contribution >= 4 is 30.5 Å². The van der Waals surface area contributed by atoms with Crippen molar-refractivity contribution in [1.29, 1.82) is 0 Å². The van der Waals surface area contributed by atoms with Gasteiger partial charge in [0.05, 0.1) is 12.4 Å². The highest BCUT2D eigenvalue weighted by Crippen LogP contribution is 2.34. The maximum absolute atomic E-state index is 11.1. The molecular formula is C12H18N5O6P. The number of hydrogen-bond acceptors (Lipinski definition) is 8. The number of rotatable bonds is 8. The molecule has 0 radical (unpaired) electrons. The van der Waals surface area contributed by atoms with Crippen molar-refractivity contribution in [3.05, 3.63) is 12.7 Å². The van der Waals surface area contributed by atoms with E-state index >= 15 is 0 Å². The molecule has 2 heterocycles. The Kier molecular flexibility index (Phi) is 5.84. The number of nitrogens with zero attached hydrogens (tertiary/aromatic N) is 4. The lowest BCUT2D eigenvalue weighted by atomic mass is 10.2. The zero-order valence-electron chi connectivity index (χ0n) is 12.9. The van der Waals surface area contributed by atoms with Gasteiger partial charge in [0.25, 0.3) is 0 Å². The smallest absolute Gasteiger partial charge is 0.350 e. The fourth-order valence-corrected chi connectivity index (χ4v) is 2.46. The van der Waals surface area contributed by atoms with Gasteiger partial charge >= 0.3 is 13.6 Å². The lowest BCUT2D eigenvalue weighted by molar-refractivity contribution is -0.142. The molecule has 0 aliphatic carbocycles. The molecule has 0 amide bonds. The molecule has 11 nitrogen and oxygen atoms in total. The van der Waals surface area contributed by atoms with Gasteiger partial charge in [-0.3, -0.25) is 9.36 Å². The van der Waals surface area contributed by atoms with E-state index in [1.165, 1.54) is 19.6 Å². The molecule has 0 bridgehead atoms. The van der Waals surface area contributed by atoms with Gasteiger partial charge in [0.2, 0.25) is 0 Å². The van der Waals surface area contributed by atoms with E-state index in [4.69, 9.17) is 25.0 Å². The van der Waals surface area contributed by atoms with Gasteiger partial charge in [-0.05, 0) is 6.42 Å². The predicted molar refractivity (Wildman–Crippen MR) is 82.9 cm³/mol. The quantitative estimate of drug-likeness (QED) is 0.333. The SMILES string of the molecule is CC(=O)OCC(CCOCP(=O)(O)O)n1cnc2ncnc(N)c21. The first-order chi connectivity index (χ1) is 11.3. The maximum Gasteiger partial charge on any atom is 0.350 e. The van der Waals surface area contributed by atoms with Gasteiger partial charge in [0.15, 0.2) is 11.5 Å². The van der Waals surface area contributed by atoms with Gasteiger partial charge in [-0.1, -0.05) is 0 Å². The number of nitrogens with two attached hydrogens (primary N) is 1. The summed E-state index contributed by atoms with van der Waals surface area (Å²) in [5, 5.41) is 0. The van der Waals surface area contributed by atoms with Crippen molar-refractivity contribution in [3.8, 4) is 0 Å². The zero-order valence-corrected chi connectivity index (χ0v) is 13.8.